The molecule has 1 atom stereocenters. The Morgan fingerprint density at radius 1 is 1.38 bits per heavy atom. The third-order valence-corrected chi connectivity index (χ3v) is 4.00. The molecule has 4 nitrogen and oxygen atoms in total. The molecule has 1 aliphatic rings. The van der Waals surface area contributed by atoms with Crippen molar-refractivity contribution in [3.63, 3.8) is 0 Å². The van der Waals surface area contributed by atoms with Crippen molar-refractivity contribution < 1.29 is 13.9 Å². The van der Waals surface area contributed by atoms with E-state index in [1.165, 1.54) is 0 Å². The van der Waals surface area contributed by atoms with Crippen molar-refractivity contribution in [2.45, 2.75) is 25.9 Å². The number of nitrogens with zero attached hydrogens (tertiary/aromatic N) is 1. The van der Waals surface area contributed by atoms with Gasteiger partial charge in [0.15, 0.2) is 5.76 Å². The number of hydrogen-bond acceptors (Lipinski definition) is 4. The maximum Gasteiger partial charge on any atom is 0.211 e. The normalized spacial score (nSPS) is 18.7. The van der Waals surface area contributed by atoms with Crippen LogP contribution in [0.3, 0.4) is 0 Å². The molecule has 0 aliphatic carbocycles. The van der Waals surface area contributed by atoms with Crippen molar-refractivity contribution in [2.24, 2.45) is 0 Å². The number of ether oxygens (including phenoxy) is 1. The van der Waals surface area contributed by atoms with Crippen LogP contribution in [0, 0.1) is 0 Å². The Bertz CT molecular complexity index is 580. The zero-order valence-corrected chi connectivity index (χ0v) is 12.4. The Balaban J connectivity index is 1.65. The molecule has 1 aliphatic heterocycles. The van der Waals surface area contributed by atoms with E-state index < -0.39 is 0 Å². The molecule has 0 amide bonds. The summed E-state index contributed by atoms with van der Waals surface area (Å²) in [7, 11) is 0. The van der Waals surface area contributed by atoms with E-state index in [0.717, 1.165) is 43.5 Å². The van der Waals surface area contributed by atoms with E-state index in [4.69, 9.17) is 9.15 Å². The lowest BCUT2D eigenvalue weighted by Gasteiger charge is -2.22. The Hall–Kier alpha value is -1.65. The van der Waals surface area contributed by atoms with Crippen molar-refractivity contribution in [2.75, 3.05) is 26.2 Å². The van der Waals surface area contributed by atoms with Crippen LogP contribution in [0.4, 0.5) is 0 Å². The van der Waals surface area contributed by atoms with Crippen LogP contribution in [0.25, 0.3) is 11.0 Å². The minimum atomic E-state index is 0.0334. The summed E-state index contributed by atoms with van der Waals surface area (Å²) in [5, 5.41) is 0.975. The van der Waals surface area contributed by atoms with E-state index in [9.17, 15) is 4.79 Å². The zero-order chi connectivity index (χ0) is 14.7. The maximum absolute atomic E-state index is 12.4. The Morgan fingerprint density at radius 2 is 2.24 bits per heavy atom. The highest BCUT2D eigenvalue weighted by Crippen LogP contribution is 2.20. The highest BCUT2D eigenvalue weighted by molar-refractivity contribution is 5.98. The van der Waals surface area contributed by atoms with Crippen LogP contribution in [-0.4, -0.2) is 43.0 Å². The van der Waals surface area contributed by atoms with E-state index in [0.29, 0.717) is 12.3 Å². The third kappa shape index (κ3) is 3.34. The molecule has 1 aromatic heterocycles. The van der Waals surface area contributed by atoms with Crippen LogP contribution in [0.2, 0.25) is 0 Å². The summed E-state index contributed by atoms with van der Waals surface area (Å²) in [6, 6.07) is 9.53. The summed E-state index contributed by atoms with van der Waals surface area (Å²) in [5.74, 6) is 0.480. The quantitative estimate of drug-likeness (QED) is 0.766. The van der Waals surface area contributed by atoms with Gasteiger partial charge in [0, 0.05) is 18.5 Å². The van der Waals surface area contributed by atoms with Gasteiger partial charge in [0.1, 0.15) is 5.58 Å². The van der Waals surface area contributed by atoms with Crippen LogP contribution in [-0.2, 0) is 4.74 Å². The summed E-state index contributed by atoms with van der Waals surface area (Å²) in [6.45, 7) is 4.96. The van der Waals surface area contributed by atoms with Gasteiger partial charge in [0.25, 0.3) is 0 Å². The van der Waals surface area contributed by atoms with Gasteiger partial charge in [0.05, 0.1) is 12.6 Å². The van der Waals surface area contributed by atoms with Crippen LogP contribution in [0.15, 0.2) is 34.7 Å². The number of carbonyl (C=O) groups is 1. The Labute approximate surface area is 124 Å². The largest absolute Gasteiger partial charge is 0.453 e. The first kappa shape index (κ1) is 14.3. The number of rotatable bonds is 6. The Kier molecular flexibility index (Phi) is 4.36. The fraction of sp³-hybridized carbons (Fsp3) is 0.471. The summed E-state index contributed by atoms with van der Waals surface area (Å²) >= 11 is 0. The third-order valence-electron chi connectivity index (χ3n) is 4.00. The number of Topliss-reactive ketones (excluding diaryl/α,β-unsaturated/α-hetero) is 1. The zero-order valence-electron chi connectivity index (χ0n) is 12.4. The molecule has 1 aromatic carbocycles. The first-order valence-electron chi connectivity index (χ1n) is 7.62. The number of furan rings is 1. The van der Waals surface area contributed by atoms with E-state index in [1.807, 2.05) is 30.3 Å². The molecule has 0 bridgehead atoms. The van der Waals surface area contributed by atoms with E-state index in [2.05, 4.69) is 11.8 Å². The maximum atomic E-state index is 12.4. The number of fused-ring (bicyclic) bond motifs is 1. The second kappa shape index (κ2) is 6.41. The van der Waals surface area contributed by atoms with Gasteiger partial charge in [-0.25, -0.2) is 0 Å². The lowest BCUT2D eigenvalue weighted by Crippen LogP contribution is -2.36. The second-order valence-electron chi connectivity index (χ2n) is 5.53. The summed E-state index contributed by atoms with van der Waals surface area (Å²) in [6.07, 6.45) is 2.49. The molecule has 1 saturated heterocycles. The van der Waals surface area contributed by atoms with Gasteiger partial charge >= 0.3 is 0 Å². The molecular weight excluding hydrogens is 266 g/mol. The number of likely N-dealkylation sites (N-methyl/N-ethyl adjacent to an activating group) is 1. The summed E-state index contributed by atoms with van der Waals surface area (Å²) < 4.78 is 11.3. The molecule has 0 saturated carbocycles. The fourth-order valence-corrected chi connectivity index (χ4v) is 2.78. The van der Waals surface area contributed by atoms with Gasteiger partial charge in [0.2, 0.25) is 5.78 Å². The number of carbonyl (C=O) groups excluding carboxylic acids is 1. The molecule has 0 radical (unpaired) electrons. The highest BCUT2D eigenvalue weighted by Gasteiger charge is 2.21. The summed E-state index contributed by atoms with van der Waals surface area (Å²) in [5.41, 5.74) is 0.767. The molecular formula is C17H21NO3. The SMILES string of the molecule is CCN(CC(=O)c1cc2ccccc2o1)CC1CCCO1. The molecule has 3 rings (SSSR count). The molecule has 0 spiro atoms. The van der Waals surface area contributed by atoms with E-state index >= 15 is 0 Å². The lowest BCUT2D eigenvalue weighted by molar-refractivity contribution is 0.0676. The lowest BCUT2D eigenvalue weighted by atomic mass is 10.2. The first-order valence-corrected chi connectivity index (χ1v) is 7.62. The molecule has 2 heterocycles. The Morgan fingerprint density at radius 3 is 2.95 bits per heavy atom. The van der Waals surface area contributed by atoms with Crippen molar-refractivity contribution in [1.82, 2.24) is 4.90 Å². The molecule has 2 aromatic rings. The number of benzene rings is 1. The highest BCUT2D eigenvalue weighted by atomic mass is 16.5. The first-order chi connectivity index (χ1) is 10.3. The van der Waals surface area contributed by atoms with Crippen molar-refractivity contribution in [1.29, 1.82) is 0 Å². The van der Waals surface area contributed by atoms with E-state index in [1.54, 1.807) is 0 Å². The predicted molar refractivity (Wildman–Crippen MR) is 81.6 cm³/mol. The second-order valence-corrected chi connectivity index (χ2v) is 5.53. The number of hydrogen-bond donors (Lipinski definition) is 0. The smallest absolute Gasteiger partial charge is 0.211 e. The van der Waals surface area contributed by atoms with Gasteiger partial charge in [-0.3, -0.25) is 9.69 Å². The van der Waals surface area contributed by atoms with Gasteiger partial charge < -0.3 is 9.15 Å². The van der Waals surface area contributed by atoms with Gasteiger partial charge in [-0.15, -0.1) is 0 Å². The van der Waals surface area contributed by atoms with Gasteiger partial charge in [-0.2, -0.15) is 0 Å². The van der Waals surface area contributed by atoms with Gasteiger partial charge in [-0.05, 0) is 31.5 Å². The van der Waals surface area contributed by atoms with Gasteiger partial charge in [-0.1, -0.05) is 25.1 Å². The minimum absolute atomic E-state index is 0.0334. The van der Waals surface area contributed by atoms with Crippen LogP contribution in [0.1, 0.15) is 30.3 Å². The topological polar surface area (TPSA) is 42.7 Å². The standard InChI is InChI=1S/C17H21NO3/c1-2-18(11-14-7-5-9-20-14)12-15(19)17-10-13-6-3-4-8-16(13)21-17/h3-4,6,8,10,14H,2,5,7,9,11-12H2,1H3. The number of ketones is 1. The molecule has 112 valence electrons. The van der Waals surface area contributed by atoms with Crippen molar-refractivity contribution in [3.05, 3.63) is 36.1 Å². The fourth-order valence-electron chi connectivity index (χ4n) is 2.78. The molecule has 4 heteroatoms. The average Bonchev–Trinajstić information content (AvgIpc) is 3.15. The van der Waals surface area contributed by atoms with Crippen molar-refractivity contribution in [3.8, 4) is 0 Å². The molecule has 1 fully saturated rings. The summed E-state index contributed by atoms with van der Waals surface area (Å²) in [4.78, 5) is 14.5. The van der Waals surface area contributed by atoms with E-state index in [-0.39, 0.29) is 11.9 Å². The van der Waals surface area contributed by atoms with Crippen molar-refractivity contribution >= 4 is 16.8 Å². The van der Waals surface area contributed by atoms with Crippen LogP contribution < -0.4 is 0 Å². The monoisotopic (exact) mass is 287 g/mol. The minimum Gasteiger partial charge on any atom is -0.453 e. The molecule has 1 unspecified atom stereocenters. The predicted octanol–water partition coefficient (Wildman–Crippen LogP) is 3.12. The van der Waals surface area contributed by atoms with Crippen LogP contribution >= 0.6 is 0 Å². The molecule has 0 N–H and O–H groups in total. The van der Waals surface area contributed by atoms with Crippen LogP contribution in [0.5, 0.6) is 0 Å². The average molecular weight is 287 g/mol. The molecule has 21 heavy (non-hydrogen) atoms. The number of para-hydroxylation sites is 1.